The topological polar surface area (TPSA) is 0 Å². The summed E-state index contributed by atoms with van der Waals surface area (Å²) in [4.78, 5) is 0. The van der Waals surface area contributed by atoms with Crippen molar-refractivity contribution < 1.29 is 0 Å². The normalized spacial score (nSPS) is 11.7. The van der Waals surface area contributed by atoms with Crippen LogP contribution in [0.25, 0.3) is 0 Å². The van der Waals surface area contributed by atoms with Crippen LogP contribution < -0.4 is 0 Å². The predicted molar refractivity (Wildman–Crippen MR) is 84.4 cm³/mol. The molecule has 0 aromatic carbocycles. The van der Waals surface area contributed by atoms with Gasteiger partial charge in [-0.1, -0.05) is 76.8 Å². The first-order valence-corrected chi connectivity index (χ1v) is 6.54. The van der Waals surface area contributed by atoms with Crippen molar-refractivity contribution in [2.24, 2.45) is 0 Å². The summed E-state index contributed by atoms with van der Waals surface area (Å²) in [5.41, 5.74) is 2.46. The van der Waals surface area contributed by atoms with Crippen LogP contribution in [0.2, 0.25) is 0 Å². The monoisotopic (exact) mass is 234 g/mol. The second-order valence-corrected chi connectivity index (χ2v) is 2.58. The van der Waals surface area contributed by atoms with Gasteiger partial charge in [-0.2, -0.15) is 0 Å². The van der Waals surface area contributed by atoms with Crippen molar-refractivity contribution in [2.45, 2.75) is 48.5 Å². The minimum absolute atomic E-state index is 1.22. The lowest BCUT2D eigenvalue weighted by molar-refractivity contribution is 1.46. The molecule has 0 bridgehead atoms. The Hall–Kier alpha value is -1.30. The third-order valence-electron chi connectivity index (χ3n) is 1.71. The molecule has 0 amide bonds. The quantitative estimate of drug-likeness (QED) is 0.504. The molecule has 0 aliphatic heterocycles. The molecule has 0 aliphatic carbocycles. The highest BCUT2D eigenvalue weighted by Crippen LogP contribution is 2.12. The van der Waals surface area contributed by atoms with Crippen molar-refractivity contribution in [3.05, 3.63) is 60.3 Å². The van der Waals surface area contributed by atoms with Gasteiger partial charge in [0.1, 0.15) is 0 Å². The standard InChI is InChI=1S/C13H18.2C2H6/c1-5-9-11-13(8-4)12(7-3)10-6-2;2*1-2/h5-11H,1H2,2-4H3;2*1-2H3/b10-6-,11-9-,12-7+,13-8+;;. The van der Waals surface area contributed by atoms with Crippen LogP contribution in [0.5, 0.6) is 0 Å². The molecule has 0 saturated heterocycles. The molecule has 0 rings (SSSR count). The van der Waals surface area contributed by atoms with Gasteiger partial charge < -0.3 is 0 Å². The minimum atomic E-state index is 1.22. The van der Waals surface area contributed by atoms with Gasteiger partial charge in [-0.05, 0) is 31.9 Å². The number of hydrogen-bond donors (Lipinski definition) is 0. The molecular weight excluding hydrogens is 204 g/mol. The average molecular weight is 234 g/mol. The van der Waals surface area contributed by atoms with E-state index in [2.05, 4.69) is 30.9 Å². The van der Waals surface area contributed by atoms with E-state index in [0.29, 0.717) is 0 Å². The highest BCUT2D eigenvalue weighted by Gasteiger charge is 1.93. The van der Waals surface area contributed by atoms with E-state index in [1.165, 1.54) is 11.1 Å². The molecule has 0 atom stereocenters. The van der Waals surface area contributed by atoms with E-state index in [0.717, 1.165) is 0 Å². The molecule has 0 aromatic heterocycles. The first kappa shape index (κ1) is 21.0. The summed E-state index contributed by atoms with van der Waals surface area (Å²) in [6, 6.07) is 0. The molecule has 0 aromatic rings. The largest absolute Gasteiger partial charge is 0.0991 e. The Kier molecular flexibility index (Phi) is 24.9. The molecule has 0 aliphatic rings. The fraction of sp³-hybridized carbons (Fsp3) is 0.412. The van der Waals surface area contributed by atoms with Crippen LogP contribution >= 0.6 is 0 Å². The molecule has 0 spiro atoms. The van der Waals surface area contributed by atoms with Gasteiger partial charge in [0.15, 0.2) is 0 Å². The van der Waals surface area contributed by atoms with Gasteiger partial charge in [-0.3, -0.25) is 0 Å². The maximum atomic E-state index is 3.65. The van der Waals surface area contributed by atoms with Crippen molar-refractivity contribution in [3.8, 4) is 0 Å². The zero-order chi connectivity index (χ0) is 14.1. The van der Waals surface area contributed by atoms with Crippen molar-refractivity contribution in [2.75, 3.05) is 0 Å². The number of rotatable bonds is 4. The summed E-state index contributed by atoms with van der Waals surface area (Å²) >= 11 is 0. The molecule has 0 radical (unpaired) electrons. The fourth-order valence-electron chi connectivity index (χ4n) is 1.07. The first-order chi connectivity index (χ1) is 8.29. The van der Waals surface area contributed by atoms with Crippen molar-refractivity contribution in [3.63, 3.8) is 0 Å². The van der Waals surface area contributed by atoms with Gasteiger partial charge in [0.25, 0.3) is 0 Å². The highest BCUT2D eigenvalue weighted by molar-refractivity contribution is 5.46. The van der Waals surface area contributed by atoms with Crippen LogP contribution in [0.1, 0.15) is 48.5 Å². The van der Waals surface area contributed by atoms with Gasteiger partial charge in [-0.25, -0.2) is 0 Å². The number of hydrogen-bond acceptors (Lipinski definition) is 0. The summed E-state index contributed by atoms with van der Waals surface area (Å²) in [5, 5.41) is 0. The van der Waals surface area contributed by atoms with Crippen LogP contribution in [0.15, 0.2) is 60.3 Å². The van der Waals surface area contributed by atoms with Crippen LogP contribution in [0.4, 0.5) is 0 Å². The van der Waals surface area contributed by atoms with Crippen LogP contribution in [-0.2, 0) is 0 Å². The van der Waals surface area contributed by atoms with E-state index in [-0.39, 0.29) is 0 Å². The van der Waals surface area contributed by atoms with Gasteiger partial charge >= 0.3 is 0 Å². The van der Waals surface area contributed by atoms with E-state index in [4.69, 9.17) is 0 Å². The molecule has 0 unspecified atom stereocenters. The molecule has 17 heavy (non-hydrogen) atoms. The van der Waals surface area contributed by atoms with E-state index in [9.17, 15) is 0 Å². The highest BCUT2D eigenvalue weighted by atomic mass is 14.0. The molecule has 0 N–H and O–H groups in total. The van der Waals surface area contributed by atoms with Crippen molar-refractivity contribution in [1.82, 2.24) is 0 Å². The smallest absolute Gasteiger partial charge is 0.0230 e. The van der Waals surface area contributed by atoms with E-state index < -0.39 is 0 Å². The summed E-state index contributed by atoms with van der Waals surface area (Å²) in [5.74, 6) is 0. The van der Waals surface area contributed by atoms with E-state index in [1.807, 2.05) is 60.6 Å². The van der Waals surface area contributed by atoms with Gasteiger partial charge in [0.05, 0.1) is 0 Å². The van der Waals surface area contributed by atoms with Gasteiger partial charge in [0, 0.05) is 0 Å². The minimum Gasteiger partial charge on any atom is -0.0991 e. The Morgan fingerprint density at radius 3 is 1.47 bits per heavy atom. The summed E-state index contributed by atoms with van der Waals surface area (Å²) in [7, 11) is 0. The van der Waals surface area contributed by atoms with Gasteiger partial charge in [-0.15, -0.1) is 0 Å². The average Bonchev–Trinajstić information content (AvgIpc) is 2.42. The summed E-state index contributed by atoms with van der Waals surface area (Å²) in [6.07, 6.45) is 14.1. The third-order valence-corrected chi connectivity index (χ3v) is 1.71. The lowest BCUT2D eigenvalue weighted by atomic mass is 10.0. The zero-order valence-corrected chi connectivity index (χ0v) is 12.7. The van der Waals surface area contributed by atoms with E-state index >= 15 is 0 Å². The second kappa shape index (κ2) is 20.2. The molecular formula is C17H30. The van der Waals surface area contributed by atoms with E-state index in [1.54, 1.807) is 6.08 Å². The van der Waals surface area contributed by atoms with Crippen molar-refractivity contribution in [1.29, 1.82) is 0 Å². The maximum Gasteiger partial charge on any atom is -0.0230 e. The Labute approximate surface area is 109 Å². The predicted octanol–water partition coefficient (Wildman–Crippen LogP) is 6.25. The first-order valence-electron chi connectivity index (χ1n) is 6.54. The Morgan fingerprint density at radius 2 is 1.18 bits per heavy atom. The van der Waals surface area contributed by atoms with Crippen molar-refractivity contribution >= 4 is 0 Å². The third kappa shape index (κ3) is 12.6. The molecule has 98 valence electrons. The van der Waals surface area contributed by atoms with Gasteiger partial charge in [0.2, 0.25) is 0 Å². The Balaban J connectivity index is -0.000000439. The fourth-order valence-corrected chi connectivity index (χ4v) is 1.07. The number of allylic oxidation sites excluding steroid dienone is 9. The van der Waals surface area contributed by atoms with Crippen LogP contribution in [0.3, 0.4) is 0 Å². The molecule has 0 heteroatoms. The Morgan fingerprint density at radius 1 is 0.765 bits per heavy atom. The molecule has 0 nitrogen and oxygen atoms in total. The summed E-state index contributed by atoms with van der Waals surface area (Å²) < 4.78 is 0. The molecule has 0 fully saturated rings. The van der Waals surface area contributed by atoms with Crippen LogP contribution in [0, 0.1) is 0 Å². The molecule has 0 saturated carbocycles. The summed E-state index contributed by atoms with van der Waals surface area (Å²) in [6.45, 7) is 17.7. The van der Waals surface area contributed by atoms with Crippen LogP contribution in [-0.4, -0.2) is 0 Å². The lowest BCUT2D eigenvalue weighted by Crippen LogP contribution is -1.81. The SMILES string of the molecule is C=C\C=C/C(=C\C)C(/C=C\C)=C/C.CC.CC. The lowest BCUT2D eigenvalue weighted by Gasteiger charge is -2.01. The second-order valence-electron chi connectivity index (χ2n) is 2.58. The zero-order valence-electron chi connectivity index (χ0n) is 12.7. The maximum absolute atomic E-state index is 3.65. The molecule has 0 heterocycles. The Bertz CT molecular complexity index is 260.